The molecule has 2 amide bonds. The molecular weight excluding hydrogens is 264 g/mol. The number of benzene rings is 1. The van der Waals surface area contributed by atoms with E-state index in [0.717, 1.165) is 0 Å². The van der Waals surface area contributed by atoms with E-state index in [0.29, 0.717) is 35.5 Å². The fourth-order valence-electron chi connectivity index (χ4n) is 2.50. The van der Waals surface area contributed by atoms with Crippen LogP contribution in [0.15, 0.2) is 24.3 Å². The Labute approximate surface area is 127 Å². The summed E-state index contributed by atoms with van der Waals surface area (Å²) in [6.45, 7) is 10.8. The quantitative estimate of drug-likeness (QED) is 0.844. The minimum atomic E-state index is -0.146. The molecule has 0 aliphatic rings. The molecule has 0 saturated heterocycles. The van der Waals surface area contributed by atoms with Crippen LogP contribution >= 0.6 is 0 Å². The summed E-state index contributed by atoms with van der Waals surface area (Å²) in [4.78, 5) is 23.3. The van der Waals surface area contributed by atoms with E-state index in [4.69, 9.17) is 0 Å². The molecule has 21 heavy (non-hydrogen) atoms. The average molecular weight is 290 g/mol. The molecule has 2 N–H and O–H groups in total. The first-order chi connectivity index (χ1) is 9.81. The lowest BCUT2D eigenvalue weighted by Gasteiger charge is -2.25. The molecule has 1 rings (SSSR count). The molecule has 0 heterocycles. The van der Waals surface area contributed by atoms with Crippen molar-refractivity contribution < 1.29 is 9.59 Å². The first-order valence-electron chi connectivity index (χ1n) is 7.47. The molecule has 0 spiro atoms. The van der Waals surface area contributed by atoms with Crippen molar-refractivity contribution in [1.82, 2.24) is 5.32 Å². The summed E-state index contributed by atoms with van der Waals surface area (Å²) in [5.74, 6) is 1.25. The van der Waals surface area contributed by atoms with E-state index in [1.54, 1.807) is 24.3 Å². The highest BCUT2D eigenvalue weighted by Crippen LogP contribution is 2.19. The summed E-state index contributed by atoms with van der Waals surface area (Å²) in [6.07, 6.45) is 0. The number of rotatable bonds is 6. The Hall–Kier alpha value is -1.84. The van der Waals surface area contributed by atoms with Crippen LogP contribution < -0.4 is 10.6 Å². The maximum atomic E-state index is 12.2. The number of carbonyl (C=O) groups is 2. The van der Waals surface area contributed by atoms with Gasteiger partial charge in [0.2, 0.25) is 5.91 Å². The van der Waals surface area contributed by atoms with Gasteiger partial charge in [-0.1, -0.05) is 33.8 Å². The summed E-state index contributed by atoms with van der Waals surface area (Å²) < 4.78 is 0. The Morgan fingerprint density at radius 1 is 1.10 bits per heavy atom. The number of anilines is 1. The highest BCUT2D eigenvalue weighted by Gasteiger charge is 2.18. The second kappa shape index (κ2) is 7.81. The summed E-state index contributed by atoms with van der Waals surface area (Å²) in [6, 6.07) is 6.97. The van der Waals surface area contributed by atoms with E-state index in [-0.39, 0.29) is 11.8 Å². The van der Waals surface area contributed by atoms with Crippen molar-refractivity contribution in [3.8, 4) is 0 Å². The minimum Gasteiger partial charge on any atom is -0.352 e. The molecular formula is C17H26N2O2. The summed E-state index contributed by atoms with van der Waals surface area (Å²) in [7, 11) is 0. The zero-order chi connectivity index (χ0) is 16.0. The predicted octanol–water partition coefficient (Wildman–Crippen LogP) is 3.30. The van der Waals surface area contributed by atoms with Crippen molar-refractivity contribution in [2.75, 3.05) is 11.9 Å². The Morgan fingerprint density at radius 2 is 1.71 bits per heavy atom. The van der Waals surface area contributed by atoms with Crippen LogP contribution in [0.3, 0.4) is 0 Å². The molecule has 4 heteroatoms. The molecule has 0 aliphatic carbocycles. The molecule has 0 radical (unpaired) electrons. The van der Waals surface area contributed by atoms with Gasteiger partial charge in [-0.25, -0.2) is 0 Å². The van der Waals surface area contributed by atoms with Crippen LogP contribution in [-0.2, 0) is 4.79 Å². The van der Waals surface area contributed by atoms with E-state index in [1.807, 2.05) is 0 Å². The summed E-state index contributed by atoms with van der Waals surface area (Å²) in [5, 5.41) is 5.67. The van der Waals surface area contributed by atoms with E-state index >= 15 is 0 Å². The van der Waals surface area contributed by atoms with Crippen molar-refractivity contribution in [3.05, 3.63) is 29.8 Å². The molecule has 1 aromatic rings. The number of hydrogen-bond donors (Lipinski definition) is 2. The lowest BCUT2D eigenvalue weighted by Crippen LogP contribution is -2.33. The van der Waals surface area contributed by atoms with Crippen LogP contribution in [0.4, 0.5) is 5.69 Å². The maximum absolute atomic E-state index is 12.2. The second-order valence-corrected chi connectivity index (χ2v) is 6.12. The van der Waals surface area contributed by atoms with Gasteiger partial charge in [0, 0.05) is 24.7 Å². The SMILES string of the molecule is CC(=O)Nc1cccc(C(=O)NCC(C(C)C)C(C)C)c1. The van der Waals surface area contributed by atoms with Gasteiger partial charge < -0.3 is 10.6 Å². The van der Waals surface area contributed by atoms with Crippen LogP contribution in [0, 0.1) is 17.8 Å². The summed E-state index contributed by atoms with van der Waals surface area (Å²) in [5.41, 5.74) is 1.20. The number of nitrogens with one attached hydrogen (secondary N) is 2. The van der Waals surface area contributed by atoms with Gasteiger partial charge in [0.25, 0.3) is 5.91 Å². The Bertz CT molecular complexity index is 487. The molecule has 0 fully saturated rings. The molecule has 0 atom stereocenters. The Balaban J connectivity index is 2.69. The third-order valence-electron chi connectivity index (χ3n) is 3.66. The fourth-order valence-corrected chi connectivity index (χ4v) is 2.50. The Kier molecular flexibility index (Phi) is 6.40. The van der Waals surface area contributed by atoms with Gasteiger partial charge >= 0.3 is 0 Å². The van der Waals surface area contributed by atoms with Crippen LogP contribution in [0.1, 0.15) is 45.0 Å². The van der Waals surface area contributed by atoms with Gasteiger partial charge in [-0.2, -0.15) is 0 Å². The highest BCUT2D eigenvalue weighted by molar-refractivity contribution is 5.96. The highest BCUT2D eigenvalue weighted by atomic mass is 16.2. The van der Waals surface area contributed by atoms with Gasteiger partial charge in [0.1, 0.15) is 0 Å². The standard InChI is InChI=1S/C17H26N2O2/c1-11(2)16(12(3)4)10-18-17(21)14-7-6-8-15(9-14)19-13(5)20/h6-9,11-12,16H,10H2,1-5H3,(H,18,21)(H,19,20). The van der Waals surface area contributed by atoms with Crippen LogP contribution in [-0.4, -0.2) is 18.4 Å². The van der Waals surface area contributed by atoms with Crippen LogP contribution in [0.25, 0.3) is 0 Å². The van der Waals surface area contributed by atoms with Gasteiger partial charge in [0.15, 0.2) is 0 Å². The zero-order valence-electron chi connectivity index (χ0n) is 13.6. The molecule has 1 aromatic carbocycles. The predicted molar refractivity (Wildman–Crippen MR) is 86.2 cm³/mol. The zero-order valence-corrected chi connectivity index (χ0v) is 13.6. The van der Waals surface area contributed by atoms with Crippen LogP contribution in [0.5, 0.6) is 0 Å². The summed E-state index contributed by atoms with van der Waals surface area (Å²) >= 11 is 0. The molecule has 0 unspecified atom stereocenters. The normalized spacial score (nSPS) is 11.0. The van der Waals surface area contributed by atoms with Crippen LogP contribution in [0.2, 0.25) is 0 Å². The lowest BCUT2D eigenvalue weighted by molar-refractivity contribution is -0.114. The van der Waals surface area contributed by atoms with Crippen molar-refractivity contribution in [2.45, 2.75) is 34.6 Å². The molecule has 0 aromatic heterocycles. The average Bonchev–Trinajstić information content (AvgIpc) is 2.37. The monoisotopic (exact) mass is 290 g/mol. The maximum Gasteiger partial charge on any atom is 0.251 e. The van der Waals surface area contributed by atoms with Gasteiger partial charge in [-0.15, -0.1) is 0 Å². The van der Waals surface area contributed by atoms with Crippen molar-refractivity contribution in [1.29, 1.82) is 0 Å². The third kappa shape index (κ3) is 5.58. The topological polar surface area (TPSA) is 58.2 Å². The minimum absolute atomic E-state index is 0.103. The molecule has 0 bridgehead atoms. The molecule has 4 nitrogen and oxygen atoms in total. The Morgan fingerprint density at radius 3 is 2.24 bits per heavy atom. The first-order valence-corrected chi connectivity index (χ1v) is 7.47. The first kappa shape index (κ1) is 17.2. The van der Waals surface area contributed by atoms with E-state index in [1.165, 1.54) is 6.92 Å². The fraction of sp³-hybridized carbons (Fsp3) is 0.529. The number of amides is 2. The number of hydrogen-bond acceptors (Lipinski definition) is 2. The van der Waals surface area contributed by atoms with Gasteiger partial charge in [-0.3, -0.25) is 9.59 Å². The molecule has 116 valence electrons. The lowest BCUT2D eigenvalue weighted by atomic mass is 9.85. The van der Waals surface area contributed by atoms with Gasteiger partial charge in [-0.05, 0) is 36.0 Å². The van der Waals surface area contributed by atoms with E-state index < -0.39 is 0 Å². The largest absolute Gasteiger partial charge is 0.352 e. The number of carbonyl (C=O) groups excluding carboxylic acids is 2. The van der Waals surface area contributed by atoms with Crippen molar-refractivity contribution >= 4 is 17.5 Å². The molecule has 0 aliphatic heterocycles. The van der Waals surface area contributed by atoms with Crippen molar-refractivity contribution in [3.63, 3.8) is 0 Å². The third-order valence-corrected chi connectivity index (χ3v) is 3.66. The second-order valence-electron chi connectivity index (χ2n) is 6.12. The van der Waals surface area contributed by atoms with E-state index in [9.17, 15) is 9.59 Å². The van der Waals surface area contributed by atoms with E-state index in [2.05, 4.69) is 38.3 Å². The smallest absolute Gasteiger partial charge is 0.251 e. The van der Waals surface area contributed by atoms with Gasteiger partial charge in [0.05, 0.1) is 0 Å². The molecule has 0 saturated carbocycles. The van der Waals surface area contributed by atoms with Crippen molar-refractivity contribution in [2.24, 2.45) is 17.8 Å².